The second-order valence-corrected chi connectivity index (χ2v) is 4.72. The number of hydrogen-bond donors (Lipinski definition) is 1. The summed E-state index contributed by atoms with van der Waals surface area (Å²) in [6.45, 7) is 4.27. The van der Waals surface area contributed by atoms with E-state index < -0.39 is 0 Å². The predicted molar refractivity (Wildman–Crippen MR) is 63.6 cm³/mol. The number of ether oxygens (including phenoxy) is 1. The standard InChI is InChI=1S/C11H16N2OS/c1-9-7-13(15-12-9)8-10-3-5-11(14-2)6-4-10/h3-6,9,12H,7-8H2,1-2H3/t9-/m0/s1. The molecule has 1 aliphatic rings. The van der Waals surface area contributed by atoms with E-state index in [-0.39, 0.29) is 0 Å². The summed E-state index contributed by atoms with van der Waals surface area (Å²) in [5.74, 6) is 0.916. The van der Waals surface area contributed by atoms with Crippen molar-refractivity contribution in [3.63, 3.8) is 0 Å². The van der Waals surface area contributed by atoms with Gasteiger partial charge in [-0.1, -0.05) is 12.1 Å². The third-order valence-corrected chi connectivity index (χ3v) is 3.42. The maximum Gasteiger partial charge on any atom is 0.118 e. The summed E-state index contributed by atoms with van der Waals surface area (Å²) in [7, 11) is 1.69. The second kappa shape index (κ2) is 4.88. The Morgan fingerprint density at radius 3 is 2.73 bits per heavy atom. The molecule has 0 radical (unpaired) electrons. The Bertz CT molecular complexity index is 315. The summed E-state index contributed by atoms with van der Waals surface area (Å²) in [6.07, 6.45) is 0. The van der Waals surface area contributed by atoms with E-state index in [0.717, 1.165) is 18.8 Å². The lowest BCUT2D eigenvalue weighted by Gasteiger charge is -2.12. The van der Waals surface area contributed by atoms with Gasteiger partial charge in [-0.3, -0.25) is 0 Å². The first-order valence-electron chi connectivity index (χ1n) is 5.08. The maximum absolute atomic E-state index is 5.13. The molecule has 0 bridgehead atoms. The Morgan fingerprint density at radius 1 is 1.47 bits per heavy atom. The molecular formula is C11H16N2OS. The molecule has 2 rings (SSSR count). The van der Waals surface area contributed by atoms with E-state index in [1.54, 1.807) is 19.2 Å². The maximum atomic E-state index is 5.13. The van der Waals surface area contributed by atoms with Gasteiger partial charge in [-0.25, -0.2) is 9.03 Å². The number of benzene rings is 1. The summed E-state index contributed by atoms with van der Waals surface area (Å²) in [6, 6.07) is 8.82. The Morgan fingerprint density at radius 2 is 2.20 bits per heavy atom. The quantitative estimate of drug-likeness (QED) is 0.794. The molecule has 1 saturated heterocycles. The van der Waals surface area contributed by atoms with Crippen LogP contribution in [0.25, 0.3) is 0 Å². The van der Waals surface area contributed by atoms with Crippen molar-refractivity contribution in [3.05, 3.63) is 29.8 Å². The first kappa shape index (κ1) is 10.8. The van der Waals surface area contributed by atoms with Crippen molar-refractivity contribution in [2.75, 3.05) is 13.7 Å². The summed E-state index contributed by atoms with van der Waals surface area (Å²) in [5.41, 5.74) is 1.32. The number of nitrogens with zero attached hydrogens (tertiary/aromatic N) is 1. The van der Waals surface area contributed by atoms with Crippen molar-refractivity contribution in [2.45, 2.75) is 19.5 Å². The van der Waals surface area contributed by atoms with Crippen LogP contribution in [0.2, 0.25) is 0 Å². The van der Waals surface area contributed by atoms with Crippen LogP contribution in [0.15, 0.2) is 24.3 Å². The smallest absolute Gasteiger partial charge is 0.118 e. The van der Waals surface area contributed by atoms with Crippen LogP contribution < -0.4 is 9.46 Å². The van der Waals surface area contributed by atoms with E-state index >= 15 is 0 Å². The van der Waals surface area contributed by atoms with E-state index in [9.17, 15) is 0 Å². The summed E-state index contributed by atoms with van der Waals surface area (Å²) in [4.78, 5) is 0. The molecule has 15 heavy (non-hydrogen) atoms. The minimum absolute atomic E-state index is 0.577. The fourth-order valence-electron chi connectivity index (χ4n) is 1.58. The lowest BCUT2D eigenvalue weighted by Crippen LogP contribution is -2.18. The zero-order valence-corrected chi connectivity index (χ0v) is 9.88. The Kier molecular flexibility index (Phi) is 3.51. The highest BCUT2D eigenvalue weighted by atomic mass is 32.2. The van der Waals surface area contributed by atoms with Crippen LogP contribution in [0, 0.1) is 0 Å². The lowest BCUT2D eigenvalue weighted by molar-refractivity contribution is 0.414. The number of methoxy groups -OCH3 is 1. The highest BCUT2D eigenvalue weighted by Crippen LogP contribution is 2.20. The fourth-order valence-corrected chi connectivity index (χ4v) is 2.49. The minimum atomic E-state index is 0.577. The normalized spacial score (nSPS) is 21.9. The molecule has 1 aromatic carbocycles. The van der Waals surface area contributed by atoms with Crippen molar-refractivity contribution in [2.24, 2.45) is 0 Å². The van der Waals surface area contributed by atoms with E-state index in [1.165, 1.54) is 5.56 Å². The third-order valence-electron chi connectivity index (χ3n) is 2.38. The summed E-state index contributed by atoms with van der Waals surface area (Å²) >= 11 is 1.71. The van der Waals surface area contributed by atoms with Crippen LogP contribution in [0.3, 0.4) is 0 Å². The van der Waals surface area contributed by atoms with E-state index in [2.05, 4.69) is 28.1 Å². The molecule has 3 nitrogen and oxygen atoms in total. The van der Waals surface area contributed by atoms with Gasteiger partial charge in [0.05, 0.1) is 7.11 Å². The molecule has 0 spiro atoms. The van der Waals surface area contributed by atoms with Gasteiger partial charge in [0.2, 0.25) is 0 Å². The first-order chi connectivity index (χ1) is 7.28. The molecule has 1 aliphatic heterocycles. The molecule has 0 aromatic heterocycles. The highest BCUT2D eigenvalue weighted by molar-refractivity contribution is 7.95. The lowest BCUT2D eigenvalue weighted by atomic mass is 10.2. The Labute approximate surface area is 95.1 Å². The van der Waals surface area contributed by atoms with Gasteiger partial charge in [0.15, 0.2) is 0 Å². The molecule has 1 N–H and O–H groups in total. The summed E-state index contributed by atoms with van der Waals surface area (Å²) in [5, 5.41) is 0. The molecule has 1 heterocycles. The minimum Gasteiger partial charge on any atom is -0.497 e. The van der Waals surface area contributed by atoms with E-state index in [1.807, 2.05) is 12.1 Å². The van der Waals surface area contributed by atoms with Gasteiger partial charge in [0.25, 0.3) is 0 Å². The third kappa shape index (κ3) is 2.87. The van der Waals surface area contributed by atoms with Gasteiger partial charge in [0, 0.05) is 31.3 Å². The number of hydrogen-bond acceptors (Lipinski definition) is 4. The molecule has 0 unspecified atom stereocenters. The zero-order valence-electron chi connectivity index (χ0n) is 9.06. The van der Waals surface area contributed by atoms with Gasteiger partial charge in [-0.05, 0) is 24.6 Å². The monoisotopic (exact) mass is 224 g/mol. The zero-order chi connectivity index (χ0) is 10.7. The number of rotatable bonds is 3. The molecule has 0 aliphatic carbocycles. The molecule has 0 amide bonds. The van der Waals surface area contributed by atoms with Gasteiger partial charge < -0.3 is 4.74 Å². The van der Waals surface area contributed by atoms with Crippen LogP contribution >= 0.6 is 12.1 Å². The SMILES string of the molecule is COc1ccc(CN2C[C@H](C)NS2)cc1. The van der Waals surface area contributed by atoms with Gasteiger partial charge >= 0.3 is 0 Å². The first-order valence-corrected chi connectivity index (χ1v) is 5.85. The van der Waals surface area contributed by atoms with Crippen LogP contribution in [-0.4, -0.2) is 24.0 Å². The van der Waals surface area contributed by atoms with E-state index in [4.69, 9.17) is 4.74 Å². The van der Waals surface area contributed by atoms with Gasteiger partial charge in [-0.2, -0.15) is 0 Å². The van der Waals surface area contributed by atoms with Crippen molar-refractivity contribution in [1.82, 2.24) is 9.03 Å². The summed E-state index contributed by atoms with van der Waals surface area (Å²) < 4.78 is 10.8. The second-order valence-electron chi connectivity index (χ2n) is 3.78. The molecular weight excluding hydrogens is 208 g/mol. The largest absolute Gasteiger partial charge is 0.497 e. The van der Waals surface area contributed by atoms with E-state index in [0.29, 0.717) is 6.04 Å². The average molecular weight is 224 g/mol. The molecule has 82 valence electrons. The van der Waals surface area contributed by atoms with Crippen molar-refractivity contribution >= 4 is 12.1 Å². The predicted octanol–water partition coefficient (Wildman–Crippen LogP) is 2.05. The van der Waals surface area contributed by atoms with Crippen molar-refractivity contribution < 1.29 is 4.74 Å². The fraction of sp³-hybridized carbons (Fsp3) is 0.455. The van der Waals surface area contributed by atoms with Crippen LogP contribution in [0.1, 0.15) is 12.5 Å². The van der Waals surface area contributed by atoms with Crippen molar-refractivity contribution in [1.29, 1.82) is 0 Å². The topological polar surface area (TPSA) is 24.5 Å². The van der Waals surface area contributed by atoms with Gasteiger partial charge in [0.1, 0.15) is 5.75 Å². The molecule has 1 atom stereocenters. The van der Waals surface area contributed by atoms with Crippen LogP contribution in [-0.2, 0) is 6.54 Å². The van der Waals surface area contributed by atoms with Crippen LogP contribution in [0.4, 0.5) is 0 Å². The Balaban J connectivity index is 1.93. The Hall–Kier alpha value is -0.710. The molecule has 1 fully saturated rings. The van der Waals surface area contributed by atoms with Crippen molar-refractivity contribution in [3.8, 4) is 5.75 Å². The molecule has 1 aromatic rings. The van der Waals surface area contributed by atoms with Crippen LogP contribution in [0.5, 0.6) is 5.75 Å². The highest BCUT2D eigenvalue weighted by Gasteiger charge is 2.18. The van der Waals surface area contributed by atoms with Gasteiger partial charge in [-0.15, -0.1) is 0 Å². The number of nitrogens with one attached hydrogen (secondary N) is 1. The molecule has 0 saturated carbocycles. The average Bonchev–Trinajstić information content (AvgIpc) is 2.65. The molecule has 4 heteroatoms.